The minimum atomic E-state index is -0.950. The van der Waals surface area contributed by atoms with Crippen LogP contribution in [0.1, 0.15) is 35.6 Å². The molecule has 1 aliphatic rings. The molecule has 1 heterocycles. The minimum absolute atomic E-state index is 0.0186. The van der Waals surface area contributed by atoms with Crippen molar-refractivity contribution in [2.24, 2.45) is 0 Å². The molecule has 1 aliphatic heterocycles. The summed E-state index contributed by atoms with van der Waals surface area (Å²) in [5.74, 6) is -0.411. The zero-order valence-electron chi connectivity index (χ0n) is 15.3. The van der Waals surface area contributed by atoms with E-state index in [1.165, 1.54) is 36.6 Å². The van der Waals surface area contributed by atoms with Crippen LogP contribution in [0.2, 0.25) is 0 Å². The van der Waals surface area contributed by atoms with Gasteiger partial charge in [0.15, 0.2) is 0 Å². The SMILES string of the molecule is O=C(NCc1ccccc1CN1CCCC1)NCC(O)c1cccc(F)c1. The van der Waals surface area contributed by atoms with Crippen LogP contribution in [0.15, 0.2) is 48.5 Å². The molecule has 1 atom stereocenters. The van der Waals surface area contributed by atoms with E-state index < -0.39 is 11.9 Å². The maximum atomic E-state index is 13.2. The van der Waals surface area contributed by atoms with Gasteiger partial charge in [0, 0.05) is 19.6 Å². The molecule has 3 N–H and O–H groups in total. The molecule has 0 aliphatic carbocycles. The summed E-state index contributed by atoms with van der Waals surface area (Å²) < 4.78 is 13.2. The van der Waals surface area contributed by atoms with E-state index in [0.717, 1.165) is 25.2 Å². The molecule has 6 heteroatoms. The van der Waals surface area contributed by atoms with Gasteiger partial charge in [-0.2, -0.15) is 0 Å². The number of halogens is 1. The largest absolute Gasteiger partial charge is 0.387 e. The Morgan fingerprint density at radius 2 is 1.81 bits per heavy atom. The van der Waals surface area contributed by atoms with Crippen molar-refractivity contribution in [2.75, 3.05) is 19.6 Å². The van der Waals surface area contributed by atoms with Crippen LogP contribution in [0.5, 0.6) is 0 Å². The van der Waals surface area contributed by atoms with Crippen LogP contribution >= 0.6 is 0 Å². The molecular formula is C21H26FN3O2. The molecule has 0 radical (unpaired) electrons. The van der Waals surface area contributed by atoms with Crippen LogP contribution in [0.3, 0.4) is 0 Å². The second-order valence-electron chi connectivity index (χ2n) is 6.89. The topological polar surface area (TPSA) is 64.6 Å². The first-order chi connectivity index (χ1) is 13.1. The molecule has 3 rings (SSSR count). The van der Waals surface area contributed by atoms with E-state index in [2.05, 4.69) is 21.6 Å². The molecule has 5 nitrogen and oxygen atoms in total. The van der Waals surface area contributed by atoms with Gasteiger partial charge in [0.25, 0.3) is 0 Å². The molecular weight excluding hydrogens is 345 g/mol. The van der Waals surface area contributed by atoms with E-state index in [9.17, 15) is 14.3 Å². The van der Waals surface area contributed by atoms with E-state index in [0.29, 0.717) is 12.1 Å². The number of nitrogens with zero attached hydrogens (tertiary/aromatic N) is 1. The number of amides is 2. The van der Waals surface area contributed by atoms with Gasteiger partial charge >= 0.3 is 6.03 Å². The van der Waals surface area contributed by atoms with Crippen molar-refractivity contribution >= 4 is 6.03 Å². The summed E-state index contributed by atoms with van der Waals surface area (Å²) in [5.41, 5.74) is 2.75. The smallest absolute Gasteiger partial charge is 0.315 e. The number of likely N-dealkylation sites (tertiary alicyclic amines) is 1. The van der Waals surface area contributed by atoms with Crippen LogP contribution in [-0.2, 0) is 13.1 Å². The lowest BCUT2D eigenvalue weighted by atomic mass is 10.1. The Bertz CT molecular complexity index is 763. The van der Waals surface area contributed by atoms with Crippen molar-refractivity contribution in [3.63, 3.8) is 0 Å². The van der Waals surface area contributed by atoms with Gasteiger partial charge in [0.05, 0.1) is 6.10 Å². The summed E-state index contributed by atoms with van der Waals surface area (Å²) in [6.07, 6.45) is 1.54. The Labute approximate surface area is 159 Å². The maximum Gasteiger partial charge on any atom is 0.315 e. The summed E-state index contributed by atoms with van der Waals surface area (Å²) in [6.45, 7) is 3.59. The fraction of sp³-hybridized carbons (Fsp3) is 0.381. The lowest BCUT2D eigenvalue weighted by molar-refractivity contribution is 0.172. The number of rotatable bonds is 7. The van der Waals surface area contributed by atoms with Crippen LogP contribution in [-0.4, -0.2) is 35.7 Å². The number of urea groups is 1. The molecule has 144 valence electrons. The highest BCUT2D eigenvalue weighted by molar-refractivity contribution is 5.73. The fourth-order valence-corrected chi connectivity index (χ4v) is 3.32. The number of aliphatic hydroxyl groups is 1. The Morgan fingerprint density at radius 3 is 2.56 bits per heavy atom. The van der Waals surface area contributed by atoms with Gasteiger partial charge in [-0.15, -0.1) is 0 Å². The van der Waals surface area contributed by atoms with Crippen molar-refractivity contribution in [1.82, 2.24) is 15.5 Å². The minimum Gasteiger partial charge on any atom is -0.387 e. The summed E-state index contributed by atoms with van der Waals surface area (Å²) in [6, 6.07) is 13.5. The van der Waals surface area contributed by atoms with Crippen LogP contribution in [0.25, 0.3) is 0 Å². The number of hydrogen-bond acceptors (Lipinski definition) is 3. The van der Waals surface area contributed by atoms with Crippen molar-refractivity contribution in [3.05, 3.63) is 71.0 Å². The third-order valence-electron chi connectivity index (χ3n) is 4.84. The van der Waals surface area contributed by atoms with E-state index >= 15 is 0 Å². The predicted molar refractivity (Wildman–Crippen MR) is 103 cm³/mol. The van der Waals surface area contributed by atoms with Gasteiger partial charge in [-0.05, 0) is 54.8 Å². The van der Waals surface area contributed by atoms with Crippen molar-refractivity contribution in [2.45, 2.75) is 32.0 Å². The first-order valence-corrected chi connectivity index (χ1v) is 9.36. The van der Waals surface area contributed by atoms with Gasteiger partial charge in [-0.25, -0.2) is 9.18 Å². The van der Waals surface area contributed by atoms with Gasteiger partial charge in [0.2, 0.25) is 0 Å². The van der Waals surface area contributed by atoms with E-state index in [1.807, 2.05) is 18.2 Å². The van der Waals surface area contributed by atoms with Gasteiger partial charge < -0.3 is 15.7 Å². The number of benzene rings is 2. The average molecular weight is 371 g/mol. The van der Waals surface area contributed by atoms with E-state index in [4.69, 9.17) is 0 Å². The Kier molecular flexibility index (Phi) is 6.79. The maximum absolute atomic E-state index is 13.2. The Morgan fingerprint density at radius 1 is 1.07 bits per heavy atom. The highest BCUT2D eigenvalue weighted by Gasteiger charge is 2.14. The molecule has 1 fully saturated rings. The highest BCUT2D eigenvalue weighted by Crippen LogP contribution is 2.16. The number of aliphatic hydroxyl groups excluding tert-OH is 1. The normalized spacial score (nSPS) is 15.5. The first kappa shape index (κ1) is 19.3. The quantitative estimate of drug-likeness (QED) is 0.701. The third-order valence-corrected chi connectivity index (χ3v) is 4.84. The summed E-state index contributed by atoms with van der Waals surface area (Å²) in [7, 11) is 0. The monoisotopic (exact) mass is 371 g/mol. The first-order valence-electron chi connectivity index (χ1n) is 9.36. The number of nitrogens with one attached hydrogen (secondary N) is 2. The van der Waals surface area contributed by atoms with Gasteiger partial charge in [-0.3, -0.25) is 4.90 Å². The molecule has 1 unspecified atom stereocenters. The highest BCUT2D eigenvalue weighted by atomic mass is 19.1. The van der Waals surface area contributed by atoms with Crippen LogP contribution < -0.4 is 10.6 Å². The average Bonchev–Trinajstić information content (AvgIpc) is 3.18. The van der Waals surface area contributed by atoms with Crippen LogP contribution in [0, 0.1) is 5.82 Å². The number of hydrogen-bond donors (Lipinski definition) is 3. The second kappa shape index (κ2) is 9.48. The molecule has 2 amide bonds. The molecule has 0 bridgehead atoms. The fourth-order valence-electron chi connectivity index (χ4n) is 3.32. The van der Waals surface area contributed by atoms with Crippen molar-refractivity contribution < 1.29 is 14.3 Å². The van der Waals surface area contributed by atoms with E-state index in [1.54, 1.807) is 6.07 Å². The Balaban J connectivity index is 1.47. The molecule has 0 spiro atoms. The predicted octanol–water partition coefficient (Wildman–Crippen LogP) is 2.95. The summed E-state index contributed by atoms with van der Waals surface area (Å²) in [5, 5.41) is 15.5. The lowest BCUT2D eigenvalue weighted by Crippen LogP contribution is -2.37. The van der Waals surface area contributed by atoms with Gasteiger partial charge in [0.1, 0.15) is 5.82 Å². The molecule has 0 aromatic heterocycles. The van der Waals surface area contributed by atoms with Gasteiger partial charge in [-0.1, -0.05) is 36.4 Å². The van der Waals surface area contributed by atoms with E-state index in [-0.39, 0.29) is 12.6 Å². The van der Waals surface area contributed by atoms with Crippen LogP contribution in [0.4, 0.5) is 9.18 Å². The number of carbonyl (C=O) groups is 1. The molecule has 2 aromatic rings. The zero-order valence-corrected chi connectivity index (χ0v) is 15.3. The zero-order chi connectivity index (χ0) is 19.1. The third kappa shape index (κ3) is 5.77. The molecule has 27 heavy (non-hydrogen) atoms. The number of carbonyl (C=O) groups excluding carboxylic acids is 1. The molecule has 2 aromatic carbocycles. The lowest BCUT2D eigenvalue weighted by Gasteiger charge is -2.18. The molecule has 0 saturated carbocycles. The van der Waals surface area contributed by atoms with Crippen molar-refractivity contribution in [3.8, 4) is 0 Å². The second-order valence-corrected chi connectivity index (χ2v) is 6.89. The summed E-state index contributed by atoms with van der Waals surface area (Å²) in [4.78, 5) is 14.5. The van der Waals surface area contributed by atoms with Crippen molar-refractivity contribution in [1.29, 1.82) is 0 Å². The Hall–Kier alpha value is -2.44. The standard InChI is InChI=1S/C21H26FN3O2/c22-19-9-5-8-16(12-19)20(26)14-24-21(27)23-13-17-6-1-2-7-18(17)15-25-10-3-4-11-25/h1-2,5-9,12,20,26H,3-4,10-11,13-15H2,(H2,23,24,27). The molecule has 1 saturated heterocycles. The summed E-state index contributed by atoms with van der Waals surface area (Å²) >= 11 is 0.